The first-order chi connectivity index (χ1) is 12.3. The molecular weight excluding hydrogens is 340 g/mol. The molecule has 0 radical (unpaired) electrons. The first-order valence-corrected chi connectivity index (χ1v) is 9.25. The van der Waals surface area contributed by atoms with Crippen molar-refractivity contribution in [2.75, 3.05) is 25.0 Å². The highest BCUT2D eigenvalue weighted by Crippen LogP contribution is 2.33. The van der Waals surface area contributed by atoms with Crippen molar-refractivity contribution < 1.29 is 13.6 Å². The molecule has 1 aliphatic carbocycles. The Morgan fingerprint density at radius 2 is 1.85 bits per heavy atom. The number of aryl methyl sites for hydroxylation is 1. The lowest BCUT2D eigenvalue weighted by molar-refractivity contribution is -0.0410. The lowest BCUT2D eigenvalue weighted by atomic mass is 9.91. The second-order valence-electron chi connectivity index (χ2n) is 7.39. The van der Waals surface area contributed by atoms with Crippen LogP contribution in [0.2, 0.25) is 0 Å². The first-order valence-electron chi connectivity index (χ1n) is 9.25. The van der Waals surface area contributed by atoms with Crippen LogP contribution in [0.25, 0.3) is 0 Å². The topological polar surface area (TPSA) is 70.2 Å². The third kappa shape index (κ3) is 4.11. The Bertz CT molecular complexity index is 672. The largest absolute Gasteiger partial charge is 0.355 e. The Balaban J connectivity index is 1.65. The molecule has 144 valence electrons. The van der Waals surface area contributed by atoms with Gasteiger partial charge in [0.25, 0.3) is 5.91 Å². The summed E-state index contributed by atoms with van der Waals surface area (Å²) in [5, 5.41) is 6.10. The highest BCUT2D eigenvalue weighted by atomic mass is 19.3. The molecule has 0 bridgehead atoms. The fourth-order valence-electron chi connectivity index (χ4n) is 3.76. The second-order valence-corrected chi connectivity index (χ2v) is 7.39. The summed E-state index contributed by atoms with van der Waals surface area (Å²) >= 11 is 0. The van der Waals surface area contributed by atoms with Crippen molar-refractivity contribution in [1.29, 1.82) is 0 Å². The number of rotatable bonds is 4. The number of carbonyl (C=O) groups excluding carboxylic acids is 1. The molecule has 6 nitrogen and oxygen atoms in total. The van der Waals surface area contributed by atoms with Crippen LogP contribution in [-0.4, -0.2) is 54.0 Å². The number of alkyl halides is 2. The molecule has 2 fully saturated rings. The molecule has 0 spiro atoms. The number of amides is 1. The van der Waals surface area contributed by atoms with Gasteiger partial charge in [-0.3, -0.25) is 4.79 Å². The standard InChI is InChI=1S/C18H27F2N5O/c1-11-12(2)22-15(17(26)21-3)24-16(11)25-9-6-14(10-25)23-13-4-7-18(19,20)8-5-13/h13-14,23H,4-10H2,1-3H3,(H,21,26)/t14-/m1/s1. The Labute approximate surface area is 152 Å². The molecule has 3 rings (SSSR count). The summed E-state index contributed by atoms with van der Waals surface area (Å²) < 4.78 is 26.6. The SMILES string of the molecule is CNC(=O)c1nc(C)c(C)c(N2CC[C@@H](NC3CCC(F)(F)CC3)C2)n1. The Morgan fingerprint density at radius 3 is 2.50 bits per heavy atom. The number of nitrogens with one attached hydrogen (secondary N) is 2. The minimum absolute atomic E-state index is 0.0270. The van der Waals surface area contributed by atoms with E-state index in [4.69, 9.17) is 0 Å². The number of nitrogens with zero attached hydrogens (tertiary/aromatic N) is 3. The third-order valence-electron chi connectivity index (χ3n) is 5.47. The van der Waals surface area contributed by atoms with Crippen LogP contribution in [0.1, 0.15) is 54.0 Å². The van der Waals surface area contributed by atoms with Crippen LogP contribution in [0.5, 0.6) is 0 Å². The third-order valence-corrected chi connectivity index (χ3v) is 5.47. The average molecular weight is 367 g/mol. The van der Waals surface area contributed by atoms with Crippen molar-refractivity contribution in [1.82, 2.24) is 20.6 Å². The second kappa shape index (κ2) is 7.42. The molecule has 1 saturated carbocycles. The quantitative estimate of drug-likeness (QED) is 0.854. The number of hydrogen-bond donors (Lipinski definition) is 2. The van der Waals surface area contributed by atoms with Crippen LogP contribution in [0.15, 0.2) is 0 Å². The van der Waals surface area contributed by atoms with Crippen LogP contribution in [0, 0.1) is 13.8 Å². The summed E-state index contributed by atoms with van der Waals surface area (Å²) in [6.45, 7) is 5.42. The number of halogens is 2. The molecular formula is C18H27F2N5O. The summed E-state index contributed by atoms with van der Waals surface area (Å²) in [6, 6.07) is 0.416. The number of aromatic nitrogens is 2. The maximum atomic E-state index is 13.3. The first kappa shape index (κ1) is 18.9. The molecule has 1 aromatic rings. The van der Waals surface area contributed by atoms with Crippen molar-refractivity contribution in [3.8, 4) is 0 Å². The van der Waals surface area contributed by atoms with Gasteiger partial charge >= 0.3 is 0 Å². The van der Waals surface area contributed by atoms with E-state index in [9.17, 15) is 13.6 Å². The Kier molecular flexibility index (Phi) is 5.41. The summed E-state index contributed by atoms with van der Waals surface area (Å²) in [5.74, 6) is -1.83. The van der Waals surface area contributed by atoms with Gasteiger partial charge in [-0.15, -0.1) is 0 Å². The zero-order valence-corrected chi connectivity index (χ0v) is 15.6. The van der Waals surface area contributed by atoms with Crippen LogP contribution in [-0.2, 0) is 0 Å². The van der Waals surface area contributed by atoms with E-state index >= 15 is 0 Å². The van der Waals surface area contributed by atoms with Crippen LogP contribution in [0.4, 0.5) is 14.6 Å². The molecule has 1 atom stereocenters. The van der Waals surface area contributed by atoms with Crippen molar-refractivity contribution in [2.24, 2.45) is 0 Å². The zero-order chi connectivity index (χ0) is 18.9. The summed E-state index contributed by atoms with van der Waals surface area (Å²) in [7, 11) is 1.56. The highest BCUT2D eigenvalue weighted by Gasteiger charge is 2.36. The van der Waals surface area contributed by atoms with Crippen LogP contribution in [0.3, 0.4) is 0 Å². The summed E-state index contributed by atoms with van der Waals surface area (Å²) in [5.41, 5.74) is 1.76. The molecule has 2 N–H and O–H groups in total. The van der Waals surface area contributed by atoms with Gasteiger partial charge < -0.3 is 15.5 Å². The monoisotopic (exact) mass is 367 g/mol. The molecule has 0 aromatic carbocycles. The lowest BCUT2D eigenvalue weighted by Gasteiger charge is -2.31. The zero-order valence-electron chi connectivity index (χ0n) is 15.6. The van der Waals surface area contributed by atoms with E-state index < -0.39 is 5.92 Å². The Morgan fingerprint density at radius 1 is 1.15 bits per heavy atom. The smallest absolute Gasteiger partial charge is 0.288 e. The molecule has 1 amide bonds. The Hall–Kier alpha value is -1.83. The number of carbonyl (C=O) groups is 1. The summed E-state index contributed by atoms with van der Waals surface area (Å²) in [4.78, 5) is 22.8. The maximum absolute atomic E-state index is 13.3. The van der Waals surface area contributed by atoms with Crippen molar-refractivity contribution >= 4 is 11.7 Å². The predicted octanol–water partition coefficient (Wildman–Crippen LogP) is 2.20. The minimum atomic E-state index is -2.49. The van der Waals surface area contributed by atoms with Crippen LogP contribution < -0.4 is 15.5 Å². The molecule has 2 heterocycles. The molecule has 1 aliphatic heterocycles. The molecule has 0 unspecified atom stereocenters. The van der Waals surface area contributed by atoms with Crippen molar-refractivity contribution in [3.05, 3.63) is 17.1 Å². The van der Waals surface area contributed by atoms with Crippen molar-refractivity contribution in [2.45, 2.75) is 64.0 Å². The van der Waals surface area contributed by atoms with Gasteiger partial charge in [-0.2, -0.15) is 0 Å². The van der Waals surface area contributed by atoms with Gasteiger partial charge in [-0.1, -0.05) is 0 Å². The van der Waals surface area contributed by atoms with E-state index in [0.29, 0.717) is 12.8 Å². The van der Waals surface area contributed by atoms with Crippen molar-refractivity contribution in [3.63, 3.8) is 0 Å². The van der Waals surface area contributed by atoms with E-state index in [0.717, 1.165) is 36.6 Å². The van der Waals surface area contributed by atoms with Gasteiger partial charge in [-0.25, -0.2) is 18.7 Å². The van der Waals surface area contributed by atoms with E-state index in [1.54, 1.807) is 7.05 Å². The fraction of sp³-hybridized carbons (Fsp3) is 0.722. The van der Waals surface area contributed by atoms with Gasteiger partial charge in [-0.05, 0) is 33.1 Å². The number of anilines is 1. The minimum Gasteiger partial charge on any atom is -0.355 e. The lowest BCUT2D eigenvalue weighted by Crippen LogP contribution is -2.43. The van der Waals surface area contributed by atoms with Gasteiger partial charge in [0.15, 0.2) is 0 Å². The van der Waals surface area contributed by atoms with Gasteiger partial charge in [0, 0.05) is 56.3 Å². The van der Waals surface area contributed by atoms with E-state index in [1.807, 2.05) is 13.8 Å². The van der Waals surface area contributed by atoms with E-state index in [2.05, 4.69) is 25.5 Å². The van der Waals surface area contributed by atoms with E-state index in [1.165, 1.54) is 0 Å². The predicted molar refractivity (Wildman–Crippen MR) is 95.9 cm³/mol. The van der Waals surface area contributed by atoms with E-state index in [-0.39, 0.29) is 36.7 Å². The molecule has 8 heteroatoms. The normalized spacial score (nSPS) is 23.3. The number of hydrogen-bond acceptors (Lipinski definition) is 5. The highest BCUT2D eigenvalue weighted by molar-refractivity contribution is 5.90. The molecule has 1 aromatic heterocycles. The fourth-order valence-corrected chi connectivity index (χ4v) is 3.76. The molecule has 26 heavy (non-hydrogen) atoms. The van der Waals surface area contributed by atoms with Gasteiger partial charge in [0.2, 0.25) is 11.7 Å². The van der Waals surface area contributed by atoms with Crippen LogP contribution >= 0.6 is 0 Å². The average Bonchev–Trinajstić information content (AvgIpc) is 3.06. The molecule has 2 aliphatic rings. The van der Waals surface area contributed by atoms with Gasteiger partial charge in [0.05, 0.1) is 0 Å². The summed E-state index contributed by atoms with van der Waals surface area (Å²) in [6.07, 6.45) is 1.93. The molecule has 1 saturated heterocycles. The van der Waals surface area contributed by atoms with Gasteiger partial charge in [0.1, 0.15) is 5.82 Å². The maximum Gasteiger partial charge on any atom is 0.288 e.